The zero-order valence-electron chi connectivity index (χ0n) is 18.8. The van der Waals surface area contributed by atoms with Gasteiger partial charge in [-0.2, -0.15) is 13.2 Å². The van der Waals surface area contributed by atoms with Crippen LogP contribution in [0, 0.1) is 0 Å². The second-order valence-electron chi connectivity index (χ2n) is 7.71. The monoisotopic (exact) mass is 497 g/mol. The summed E-state index contributed by atoms with van der Waals surface area (Å²) in [7, 11) is 0. The molecule has 1 aliphatic rings. The number of benzene rings is 2. The molecule has 9 nitrogen and oxygen atoms in total. The van der Waals surface area contributed by atoms with Gasteiger partial charge in [0, 0.05) is 0 Å². The third-order valence-electron chi connectivity index (χ3n) is 5.23. The summed E-state index contributed by atoms with van der Waals surface area (Å²) in [6.07, 6.45) is -3.61. The molecule has 1 aliphatic heterocycles. The zero-order chi connectivity index (χ0) is 26.1. The number of nitrogens with one attached hydrogen (secondary N) is 3. The van der Waals surface area contributed by atoms with E-state index in [1.165, 1.54) is 6.92 Å². The number of carbonyl (C=O) groups is 3. The number of amides is 2. The molecule has 2 aromatic rings. The van der Waals surface area contributed by atoms with Gasteiger partial charge in [0.1, 0.15) is 23.9 Å². The third-order valence-corrected chi connectivity index (χ3v) is 5.23. The number of alkyl halides is 3. The van der Waals surface area contributed by atoms with Crippen molar-refractivity contribution in [2.75, 3.05) is 6.54 Å². The van der Waals surface area contributed by atoms with E-state index < -0.39 is 29.6 Å². The van der Waals surface area contributed by atoms with E-state index in [-0.39, 0.29) is 5.91 Å². The predicted molar refractivity (Wildman–Crippen MR) is 117 cm³/mol. The normalized spacial score (nSPS) is 18.0. The van der Waals surface area contributed by atoms with Crippen molar-refractivity contribution in [2.45, 2.75) is 44.1 Å². The van der Waals surface area contributed by atoms with E-state index in [0.717, 1.165) is 17.5 Å². The molecule has 5 N–H and O–H groups in total. The molecule has 0 spiro atoms. The van der Waals surface area contributed by atoms with Crippen LogP contribution in [0.5, 0.6) is 5.75 Å². The van der Waals surface area contributed by atoms with Crippen LogP contribution in [0.2, 0.25) is 0 Å². The number of hydroxylamine groups is 1. The standard InChI is InChI=1S/C21H25N3O4.C2HF3O2/c1-15(19(25)24-27)23-20(26)21(12-5-13-22-21)17-8-10-18(11-9-17)28-14-16-6-3-2-4-7-16;3-2(4,5)1(6)7/h2-4,6-11,15,22,27H,5,12-14H2,1H3,(H,23,26)(H,24,25);(H,6,7)/t15-,21?;/m0./s1. The molecule has 2 aromatic carbocycles. The maximum absolute atomic E-state index is 12.9. The number of hydrogen-bond donors (Lipinski definition) is 5. The minimum atomic E-state index is -5.08. The van der Waals surface area contributed by atoms with E-state index in [4.69, 9.17) is 19.8 Å². The Morgan fingerprint density at radius 1 is 1.11 bits per heavy atom. The van der Waals surface area contributed by atoms with Gasteiger partial charge in [0.2, 0.25) is 5.91 Å². The van der Waals surface area contributed by atoms with E-state index in [9.17, 15) is 22.8 Å². The molecule has 190 valence electrons. The van der Waals surface area contributed by atoms with Gasteiger partial charge in [-0.15, -0.1) is 0 Å². The number of hydrogen-bond acceptors (Lipinski definition) is 6. The number of ether oxygens (including phenoxy) is 1. The quantitative estimate of drug-likeness (QED) is 0.293. The van der Waals surface area contributed by atoms with Crippen molar-refractivity contribution in [2.24, 2.45) is 0 Å². The first-order valence-corrected chi connectivity index (χ1v) is 10.6. The average Bonchev–Trinajstić information content (AvgIpc) is 3.34. The second-order valence-corrected chi connectivity index (χ2v) is 7.71. The molecule has 0 bridgehead atoms. The molecule has 2 atom stereocenters. The lowest BCUT2D eigenvalue weighted by atomic mass is 9.87. The molecule has 1 fully saturated rings. The molecule has 1 unspecified atom stereocenters. The van der Waals surface area contributed by atoms with Crippen molar-refractivity contribution in [1.29, 1.82) is 0 Å². The van der Waals surface area contributed by atoms with Gasteiger partial charge in [-0.1, -0.05) is 42.5 Å². The topological polar surface area (TPSA) is 137 Å². The van der Waals surface area contributed by atoms with Gasteiger partial charge in [0.05, 0.1) is 0 Å². The van der Waals surface area contributed by atoms with Crippen LogP contribution < -0.4 is 20.9 Å². The summed E-state index contributed by atoms with van der Waals surface area (Å²) in [4.78, 5) is 33.3. The Hall–Kier alpha value is -3.64. The lowest BCUT2D eigenvalue weighted by molar-refractivity contribution is -0.192. The fraction of sp³-hybridized carbons (Fsp3) is 0.348. The first-order valence-electron chi connectivity index (χ1n) is 10.6. The van der Waals surface area contributed by atoms with Crippen LogP contribution in [-0.4, -0.2) is 46.9 Å². The van der Waals surface area contributed by atoms with Gasteiger partial charge < -0.3 is 15.2 Å². The Kier molecular flexibility index (Phi) is 9.60. The fourth-order valence-electron chi connectivity index (χ4n) is 3.37. The second kappa shape index (κ2) is 12.2. The molecule has 2 amide bonds. The van der Waals surface area contributed by atoms with Crippen LogP contribution >= 0.6 is 0 Å². The Balaban J connectivity index is 0.000000540. The van der Waals surface area contributed by atoms with Crippen molar-refractivity contribution >= 4 is 17.8 Å². The highest BCUT2D eigenvalue weighted by molar-refractivity contribution is 5.92. The van der Waals surface area contributed by atoms with E-state index in [1.54, 1.807) is 5.48 Å². The highest BCUT2D eigenvalue weighted by atomic mass is 19.4. The molecule has 0 radical (unpaired) electrons. The molecule has 35 heavy (non-hydrogen) atoms. The van der Waals surface area contributed by atoms with Crippen LogP contribution in [-0.2, 0) is 26.5 Å². The predicted octanol–water partition coefficient (Wildman–Crippen LogP) is 2.49. The van der Waals surface area contributed by atoms with E-state index in [1.807, 2.05) is 54.6 Å². The maximum Gasteiger partial charge on any atom is 0.490 e. The molecule has 0 aromatic heterocycles. The van der Waals surface area contributed by atoms with Gasteiger partial charge in [0.15, 0.2) is 0 Å². The molecule has 1 saturated heterocycles. The first kappa shape index (κ1) is 27.6. The van der Waals surface area contributed by atoms with Crippen molar-refractivity contribution in [3.8, 4) is 5.75 Å². The van der Waals surface area contributed by atoms with Gasteiger partial charge in [-0.05, 0) is 49.6 Å². The van der Waals surface area contributed by atoms with Crippen LogP contribution in [0.4, 0.5) is 13.2 Å². The third kappa shape index (κ3) is 7.69. The minimum Gasteiger partial charge on any atom is -0.489 e. The van der Waals surface area contributed by atoms with Gasteiger partial charge in [-0.3, -0.25) is 20.1 Å². The molecular formula is C23H26F3N3O6. The summed E-state index contributed by atoms with van der Waals surface area (Å²) in [5.74, 6) is -2.99. The highest BCUT2D eigenvalue weighted by Crippen LogP contribution is 2.32. The molecule has 12 heteroatoms. The van der Waals surface area contributed by atoms with E-state index in [2.05, 4.69) is 10.6 Å². The Labute approximate surface area is 199 Å². The summed E-state index contributed by atoms with van der Waals surface area (Å²) >= 11 is 0. The molecule has 1 heterocycles. The summed E-state index contributed by atoms with van der Waals surface area (Å²) in [6, 6.07) is 16.5. The van der Waals surface area contributed by atoms with Gasteiger partial charge in [-0.25, -0.2) is 10.3 Å². The van der Waals surface area contributed by atoms with Gasteiger partial charge >= 0.3 is 12.1 Å². The lowest BCUT2D eigenvalue weighted by Gasteiger charge is -2.30. The Morgan fingerprint density at radius 2 is 1.71 bits per heavy atom. The van der Waals surface area contributed by atoms with Crippen molar-refractivity contribution in [1.82, 2.24) is 16.1 Å². The molecule has 3 rings (SSSR count). The zero-order valence-corrected chi connectivity index (χ0v) is 18.8. The number of halogens is 3. The van der Waals surface area contributed by atoms with Crippen LogP contribution in [0.1, 0.15) is 30.9 Å². The average molecular weight is 497 g/mol. The largest absolute Gasteiger partial charge is 0.490 e. The van der Waals surface area contributed by atoms with Crippen LogP contribution in [0.3, 0.4) is 0 Å². The number of carboxylic acid groups (broad SMARTS) is 1. The van der Waals surface area contributed by atoms with Crippen LogP contribution in [0.25, 0.3) is 0 Å². The van der Waals surface area contributed by atoms with Crippen molar-refractivity contribution in [3.63, 3.8) is 0 Å². The fourth-order valence-corrected chi connectivity index (χ4v) is 3.37. The smallest absolute Gasteiger partial charge is 0.489 e. The lowest BCUT2D eigenvalue weighted by Crippen LogP contribution is -2.55. The van der Waals surface area contributed by atoms with E-state index >= 15 is 0 Å². The number of aliphatic carboxylic acids is 1. The Morgan fingerprint density at radius 3 is 2.20 bits per heavy atom. The number of carbonyl (C=O) groups excluding carboxylic acids is 2. The maximum atomic E-state index is 12.9. The summed E-state index contributed by atoms with van der Waals surface area (Å²) in [5, 5.41) is 21.8. The number of carboxylic acids is 1. The number of rotatable bonds is 7. The molecule has 0 aliphatic carbocycles. The van der Waals surface area contributed by atoms with E-state index in [0.29, 0.717) is 25.3 Å². The Bertz CT molecular complexity index is 994. The highest BCUT2D eigenvalue weighted by Gasteiger charge is 2.43. The SMILES string of the molecule is C[C@H](NC(=O)C1(c2ccc(OCc3ccccc3)cc2)CCCN1)C(=O)NO.O=C(O)C(F)(F)F. The summed E-state index contributed by atoms with van der Waals surface area (Å²) in [6.45, 7) is 2.70. The van der Waals surface area contributed by atoms with Crippen LogP contribution in [0.15, 0.2) is 54.6 Å². The van der Waals surface area contributed by atoms with Gasteiger partial charge in [0.25, 0.3) is 5.91 Å². The summed E-state index contributed by atoms with van der Waals surface area (Å²) < 4.78 is 37.5. The minimum absolute atomic E-state index is 0.293. The van der Waals surface area contributed by atoms with Crippen molar-refractivity contribution < 1.29 is 42.6 Å². The van der Waals surface area contributed by atoms with Crippen molar-refractivity contribution in [3.05, 3.63) is 65.7 Å². The summed E-state index contributed by atoms with van der Waals surface area (Å²) in [5.41, 5.74) is 2.55. The first-order chi connectivity index (χ1) is 16.5. The molecular weight excluding hydrogens is 471 g/mol. The molecule has 0 saturated carbocycles.